The van der Waals surface area contributed by atoms with Gasteiger partial charge in [-0.3, -0.25) is 0 Å². The van der Waals surface area contributed by atoms with Gasteiger partial charge in [0.1, 0.15) is 0 Å². The van der Waals surface area contributed by atoms with Crippen molar-refractivity contribution in [3.8, 4) is 0 Å². The van der Waals surface area contributed by atoms with E-state index >= 15 is 0 Å². The number of esters is 2. The van der Waals surface area contributed by atoms with E-state index < -0.39 is 30.9 Å². The molecule has 0 rings (SSSR count). The van der Waals surface area contributed by atoms with Crippen molar-refractivity contribution >= 4 is 11.9 Å². The molecule has 1 atom stereocenters. The fraction of sp³-hybridized carbons (Fsp3) is 0.733. The van der Waals surface area contributed by atoms with Crippen LogP contribution in [0.1, 0.15) is 39.5 Å². The molecule has 134 valence electrons. The Bertz CT molecular complexity index is 397. The van der Waals surface area contributed by atoms with Crippen molar-refractivity contribution in [1.29, 1.82) is 0 Å². The Morgan fingerprint density at radius 2 is 1.65 bits per heavy atom. The van der Waals surface area contributed by atoms with Crippen molar-refractivity contribution in [2.75, 3.05) is 13.2 Å². The van der Waals surface area contributed by atoms with Crippen LogP contribution in [0.15, 0.2) is 12.2 Å². The summed E-state index contributed by atoms with van der Waals surface area (Å²) in [6.07, 6.45) is 1.14. The smallest absolute Gasteiger partial charge is 0.340 e. The summed E-state index contributed by atoms with van der Waals surface area (Å²) in [6, 6.07) is 0. The molecule has 0 spiro atoms. The van der Waals surface area contributed by atoms with Crippen molar-refractivity contribution in [3.63, 3.8) is 0 Å². The summed E-state index contributed by atoms with van der Waals surface area (Å²) in [7, 11) is 0. The molecule has 0 heterocycles. The molecule has 23 heavy (non-hydrogen) atoms. The summed E-state index contributed by atoms with van der Waals surface area (Å²) >= 11 is 0. The first-order chi connectivity index (χ1) is 10.7. The molecule has 8 heteroatoms. The number of halogens is 4. The van der Waals surface area contributed by atoms with Crippen LogP contribution in [0.2, 0.25) is 0 Å². The molecule has 0 aliphatic rings. The third-order valence-corrected chi connectivity index (χ3v) is 3.09. The second-order valence-electron chi connectivity index (χ2n) is 5.05. The van der Waals surface area contributed by atoms with E-state index in [1.807, 2.05) is 13.8 Å². The highest BCUT2D eigenvalue weighted by molar-refractivity contribution is 5.91. The quantitative estimate of drug-likeness (QED) is 0.326. The molecule has 0 N–H and O–H groups in total. The van der Waals surface area contributed by atoms with Crippen LogP contribution in [-0.4, -0.2) is 37.5 Å². The number of rotatable bonds is 11. The van der Waals surface area contributed by atoms with Gasteiger partial charge in [-0.15, -0.1) is 0 Å². The summed E-state index contributed by atoms with van der Waals surface area (Å²) in [4.78, 5) is 22.4. The predicted molar refractivity (Wildman–Crippen MR) is 75.3 cm³/mol. The molecule has 0 saturated carbocycles. The maximum Gasteiger partial charge on any atom is 0.340 e. The third kappa shape index (κ3) is 9.91. The van der Waals surface area contributed by atoms with E-state index in [-0.39, 0.29) is 12.5 Å². The lowest BCUT2D eigenvalue weighted by Gasteiger charge is -2.14. The van der Waals surface area contributed by atoms with Gasteiger partial charge >= 0.3 is 24.3 Å². The zero-order valence-corrected chi connectivity index (χ0v) is 13.2. The van der Waals surface area contributed by atoms with Crippen LogP contribution >= 0.6 is 0 Å². The van der Waals surface area contributed by atoms with Crippen molar-refractivity contribution in [2.24, 2.45) is 5.92 Å². The second-order valence-corrected chi connectivity index (χ2v) is 5.05. The Morgan fingerprint density at radius 1 is 1.09 bits per heavy atom. The molecule has 0 saturated heterocycles. The largest absolute Gasteiger partial charge is 0.462 e. The Kier molecular flexibility index (Phi) is 10.2. The van der Waals surface area contributed by atoms with Crippen LogP contribution in [-0.2, 0) is 19.1 Å². The van der Waals surface area contributed by atoms with Crippen molar-refractivity contribution in [1.82, 2.24) is 0 Å². The molecular formula is C15H22F4O4. The molecule has 0 aliphatic heterocycles. The molecule has 0 aromatic rings. The first-order valence-electron chi connectivity index (χ1n) is 7.40. The minimum atomic E-state index is -4.42. The van der Waals surface area contributed by atoms with Gasteiger partial charge in [0.2, 0.25) is 0 Å². The lowest BCUT2D eigenvalue weighted by atomic mass is 10.0. The number of hydrogen-bond donors (Lipinski definition) is 0. The zero-order chi connectivity index (χ0) is 17.9. The van der Waals surface area contributed by atoms with E-state index in [2.05, 4.69) is 4.74 Å². The molecule has 0 amide bonds. The minimum Gasteiger partial charge on any atom is -0.462 e. The average molecular weight is 342 g/mol. The monoisotopic (exact) mass is 342 g/mol. The molecule has 0 aliphatic carbocycles. The molecule has 1 unspecified atom stereocenters. The molecule has 0 aromatic heterocycles. The van der Waals surface area contributed by atoms with E-state index in [0.29, 0.717) is 6.08 Å². The maximum atomic E-state index is 12.5. The lowest BCUT2D eigenvalue weighted by Crippen LogP contribution is -2.33. The Labute approximate surface area is 132 Å². The van der Waals surface area contributed by atoms with Gasteiger partial charge < -0.3 is 9.47 Å². The SMILES string of the molecule is CCCCC(CC)COC(=O)/C=C/C(=O)OCC(F)(F)C(F)F. The maximum absolute atomic E-state index is 12.5. The Morgan fingerprint density at radius 3 is 2.13 bits per heavy atom. The molecule has 0 aromatic carbocycles. The van der Waals surface area contributed by atoms with Crippen molar-refractivity contribution < 1.29 is 36.6 Å². The number of carbonyl (C=O) groups is 2. The first kappa shape index (κ1) is 21.4. The van der Waals surface area contributed by atoms with Gasteiger partial charge in [0.15, 0.2) is 6.61 Å². The van der Waals surface area contributed by atoms with Gasteiger partial charge in [-0.1, -0.05) is 33.1 Å². The highest BCUT2D eigenvalue weighted by Crippen LogP contribution is 2.22. The number of ether oxygens (including phenoxy) is 2. The van der Waals surface area contributed by atoms with E-state index in [9.17, 15) is 27.2 Å². The first-order valence-corrected chi connectivity index (χ1v) is 7.40. The van der Waals surface area contributed by atoms with Crippen LogP contribution < -0.4 is 0 Å². The fourth-order valence-corrected chi connectivity index (χ4v) is 1.56. The molecule has 0 bridgehead atoms. The standard InChI is InChI=1S/C15H22F4O4/c1-3-5-6-11(4-2)9-22-12(20)7-8-13(21)23-10-15(18,19)14(16)17/h7-8,11,14H,3-6,9-10H2,1-2H3/b8-7+. The van der Waals surface area contributed by atoms with E-state index in [1.54, 1.807) is 0 Å². The minimum absolute atomic E-state index is 0.193. The van der Waals surface area contributed by atoms with E-state index in [0.717, 1.165) is 31.8 Å². The number of unbranched alkanes of at least 4 members (excludes halogenated alkanes) is 1. The normalized spacial score (nSPS) is 13.3. The van der Waals surface area contributed by atoms with Crippen LogP contribution in [0.5, 0.6) is 0 Å². The summed E-state index contributed by atoms with van der Waals surface area (Å²) in [5.41, 5.74) is 0. The van der Waals surface area contributed by atoms with Crippen LogP contribution in [0.3, 0.4) is 0 Å². The highest BCUT2D eigenvalue weighted by atomic mass is 19.3. The summed E-state index contributed by atoms with van der Waals surface area (Å²) < 4.78 is 57.6. The molecular weight excluding hydrogens is 320 g/mol. The number of carbonyl (C=O) groups excluding carboxylic acids is 2. The summed E-state index contributed by atoms with van der Waals surface area (Å²) in [6.45, 7) is 2.45. The van der Waals surface area contributed by atoms with Gasteiger partial charge in [0.05, 0.1) is 6.61 Å². The van der Waals surface area contributed by atoms with Crippen LogP contribution in [0.4, 0.5) is 17.6 Å². The summed E-state index contributed by atoms with van der Waals surface area (Å²) in [5, 5.41) is 0. The van der Waals surface area contributed by atoms with Crippen molar-refractivity contribution in [2.45, 2.75) is 51.9 Å². The fourth-order valence-electron chi connectivity index (χ4n) is 1.56. The van der Waals surface area contributed by atoms with E-state index in [1.165, 1.54) is 0 Å². The van der Waals surface area contributed by atoms with Gasteiger partial charge in [0, 0.05) is 12.2 Å². The second kappa shape index (κ2) is 11.0. The van der Waals surface area contributed by atoms with Gasteiger partial charge in [-0.05, 0) is 12.3 Å². The summed E-state index contributed by atoms with van der Waals surface area (Å²) in [5.74, 6) is -6.35. The predicted octanol–water partition coefficient (Wildman–Crippen LogP) is 3.75. The van der Waals surface area contributed by atoms with Gasteiger partial charge in [-0.2, -0.15) is 8.78 Å². The number of alkyl halides is 4. The van der Waals surface area contributed by atoms with E-state index in [4.69, 9.17) is 4.74 Å². The molecule has 4 nitrogen and oxygen atoms in total. The Hall–Kier alpha value is -1.60. The average Bonchev–Trinajstić information content (AvgIpc) is 2.51. The molecule has 0 fully saturated rings. The lowest BCUT2D eigenvalue weighted by molar-refractivity contribution is -0.176. The van der Waals surface area contributed by atoms with Crippen LogP contribution in [0.25, 0.3) is 0 Å². The third-order valence-electron chi connectivity index (χ3n) is 3.09. The van der Waals surface area contributed by atoms with Gasteiger partial charge in [0.25, 0.3) is 0 Å². The van der Waals surface area contributed by atoms with Gasteiger partial charge in [-0.25, -0.2) is 18.4 Å². The van der Waals surface area contributed by atoms with Crippen LogP contribution in [0, 0.1) is 5.92 Å². The Balaban J connectivity index is 4.14. The topological polar surface area (TPSA) is 52.6 Å². The molecule has 0 radical (unpaired) electrons. The van der Waals surface area contributed by atoms with Crippen molar-refractivity contribution in [3.05, 3.63) is 12.2 Å². The number of hydrogen-bond acceptors (Lipinski definition) is 4. The zero-order valence-electron chi connectivity index (χ0n) is 13.2. The highest BCUT2D eigenvalue weighted by Gasteiger charge is 2.42.